The maximum atomic E-state index is 11.2. The Labute approximate surface area is 170 Å². The van der Waals surface area contributed by atoms with Crippen LogP contribution >= 0.6 is 0 Å². The van der Waals surface area contributed by atoms with Crippen LogP contribution < -0.4 is 5.32 Å². The number of likely N-dealkylation sites (N-methyl/N-ethyl adjacent to an activating group) is 2. The van der Waals surface area contributed by atoms with E-state index in [0.717, 1.165) is 70.0 Å². The summed E-state index contributed by atoms with van der Waals surface area (Å²) in [6, 6.07) is 7.52. The van der Waals surface area contributed by atoms with Gasteiger partial charge >= 0.3 is 0 Å². The van der Waals surface area contributed by atoms with Crippen LogP contribution in [0.25, 0.3) is 32.9 Å². The number of nitrogens with one attached hydrogen (secondary N) is 3. The monoisotopic (exact) mass is 392 g/mol. The molecule has 4 rings (SSSR count). The number of phenols is 2. The van der Waals surface area contributed by atoms with E-state index in [1.165, 1.54) is 0 Å². The fraction of sp³-hybridized carbons (Fsp3) is 0.304. The third kappa shape index (κ3) is 3.45. The van der Waals surface area contributed by atoms with Gasteiger partial charge in [-0.05, 0) is 75.9 Å². The van der Waals surface area contributed by atoms with Gasteiger partial charge in [-0.1, -0.05) is 0 Å². The van der Waals surface area contributed by atoms with Crippen LogP contribution in [0.1, 0.15) is 11.1 Å². The highest BCUT2D eigenvalue weighted by molar-refractivity contribution is 6.04. The molecule has 0 spiro atoms. The molecule has 0 aliphatic rings. The quantitative estimate of drug-likeness (QED) is 0.333. The highest BCUT2D eigenvalue weighted by Gasteiger charge is 2.18. The molecule has 6 heteroatoms. The fourth-order valence-corrected chi connectivity index (χ4v) is 4.01. The molecule has 0 bridgehead atoms. The van der Waals surface area contributed by atoms with Crippen LogP contribution in [0, 0.1) is 0 Å². The summed E-state index contributed by atoms with van der Waals surface area (Å²) in [4.78, 5) is 8.71. The van der Waals surface area contributed by atoms with Crippen molar-refractivity contribution in [1.29, 1.82) is 0 Å². The molecule has 6 nitrogen and oxygen atoms in total. The van der Waals surface area contributed by atoms with Gasteiger partial charge < -0.3 is 30.4 Å². The standard InChI is InChI=1S/C23H28N4O2/c1-24-10-8-14-12-25-18-6-4-17(23(29)20(14)18)16-5-7-19(28)21-15(9-11-27(2)3)13-26-22(16)21/h4-7,12-13,24-26,28-29H,8-11H2,1-3H3. The van der Waals surface area contributed by atoms with Crippen LogP contribution in [0.3, 0.4) is 0 Å². The summed E-state index contributed by atoms with van der Waals surface area (Å²) in [6.07, 6.45) is 5.59. The van der Waals surface area contributed by atoms with Crippen molar-refractivity contribution >= 4 is 21.8 Å². The van der Waals surface area contributed by atoms with Gasteiger partial charge in [-0.15, -0.1) is 0 Å². The van der Waals surface area contributed by atoms with Crippen LogP contribution in [-0.4, -0.2) is 59.3 Å². The predicted octanol–water partition coefficient (Wildman–Crippen LogP) is 3.59. The summed E-state index contributed by atoms with van der Waals surface area (Å²) >= 11 is 0. The molecule has 0 saturated carbocycles. The average Bonchev–Trinajstić information content (AvgIpc) is 3.31. The van der Waals surface area contributed by atoms with E-state index in [1.807, 2.05) is 51.7 Å². The lowest BCUT2D eigenvalue weighted by molar-refractivity contribution is 0.414. The van der Waals surface area contributed by atoms with Crippen molar-refractivity contribution in [1.82, 2.24) is 20.2 Å². The summed E-state index contributed by atoms with van der Waals surface area (Å²) in [5, 5.41) is 26.5. The summed E-state index contributed by atoms with van der Waals surface area (Å²) < 4.78 is 0. The number of benzene rings is 2. The molecule has 0 radical (unpaired) electrons. The lowest BCUT2D eigenvalue weighted by atomic mass is 9.97. The van der Waals surface area contributed by atoms with Crippen molar-refractivity contribution in [2.75, 3.05) is 34.2 Å². The number of aromatic hydroxyl groups is 2. The second-order valence-electron chi connectivity index (χ2n) is 7.80. The largest absolute Gasteiger partial charge is 0.507 e. The summed E-state index contributed by atoms with van der Waals surface area (Å²) in [7, 11) is 6.00. The van der Waals surface area contributed by atoms with E-state index < -0.39 is 0 Å². The molecule has 0 unspecified atom stereocenters. The van der Waals surface area contributed by atoms with Gasteiger partial charge in [-0.2, -0.15) is 0 Å². The molecule has 0 amide bonds. The molecule has 4 aromatic rings. The molecule has 2 heterocycles. The molecule has 29 heavy (non-hydrogen) atoms. The van der Waals surface area contributed by atoms with E-state index in [9.17, 15) is 10.2 Å². The lowest BCUT2D eigenvalue weighted by Crippen LogP contribution is -2.14. The third-order valence-corrected chi connectivity index (χ3v) is 5.56. The summed E-state index contributed by atoms with van der Waals surface area (Å²) in [6.45, 7) is 1.73. The topological polar surface area (TPSA) is 87.3 Å². The first-order valence-electron chi connectivity index (χ1n) is 9.94. The van der Waals surface area contributed by atoms with Gasteiger partial charge in [0.1, 0.15) is 11.5 Å². The van der Waals surface area contributed by atoms with E-state index in [-0.39, 0.29) is 11.5 Å². The lowest BCUT2D eigenvalue weighted by Gasteiger charge is -2.11. The van der Waals surface area contributed by atoms with E-state index >= 15 is 0 Å². The third-order valence-electron chi connectivity index (χ3n) is 5.56. The Morgan fingerprint density at radius 1 is 0.897 bits per heavy atom. The smallest absolute Gasteiger partial charge is 0.133 e. The Kier molecular flexibility index (Phi) is 5.22. The zero-order valence-corrected chi connectivity index (χ0v) is 17.1. The van der Waals surface area contributed by atoms with Gasteiger partial charge in [-0.25, -0.2) is 0 Å². The van der Waals surface area contributed by atoms with Crippen molar-refractivity contribution in [2.24, 2.45) is 0 Å². The highest BCUT2D eigenvalue weighted by Crippen LogP contribution is 2.42. The first kappa shape index (κ1) is 19.4. The summed E-state index contributed by atoms with van der Waals surface area (Å²) in [5.74, 6) is 0.530. The highest BCUT2D eigenvalue weighted by atomic mass is 16.3. The van der Waals surface area contributed by atoms with Gasteiger partial charge in [0.15, 0.2) is 0 Å². The molecule has 0 fully saturated rings. The molecular formula is C23H28N4O2. The van der Waals surface area contributed by atoms with Gasteiger partial charge in [0, 0.05) is 46.4 Å². The Hall–Kier alpha value is -2.96. The molecule has 0 aliphatic carbocycles. The Bertz CT molecular complexity index is 1160. The number of H-pyrrole nitrogens is 2. The maximum absolute atomic E-state index is 11.2. The molecule has 5 N–H and O–H groups in total. The molecule has 0 atom stereocenters. The minimum absolute atomic E-state index is 0.260. The van der Waals surface area contributed by atoms with Crippen molar-refractivity contribution in [3.63, 3.8) is 0 Å². The van der Waals surface area contributed by atoms with E-state index in [0.29, 0.717) is 0 Å². The zero-order chi connectivity index (χ0) is 20.5. The maximum Gasteiger partial charge on any atom is 0.133 e. The van der Waals surface area contributed by atoms with Gasteiger partial charge in [0.2, 0.25) is 0 Å². The number of hydrogen-bond acceptors (Lipinski definition) is 4. The van der Waals surface area contributed by atoms with Crippen molar-refractivity contribution in [3.8, 4) is 22.6 Å². The van der Waals surface area contributed by atoms with Crippen molar-refractivity contribution in [2.45, 2.75) is 12.8 Å². The normalized spacial score (nSPS) is 11.9. The molecule has 0 saturated heterocycles. The SMILES string of the molecule is CNCCc1c[nH]c2ccc(-c3ccc(O)c4c(CCN(C)C)c[nH]c34)c(O)c12. The number of aromatic amines is 2. The number of fused-ring (bicyclic) bond motifs is 2. The molecule has 2 aromatic carbocycles. The Morgan fingerprint density at radius 3 is 2.38 bits per heavy atom. The van der Waals surface area contributed by atoms with Crippen LogP contribution in [0.5, 0.6) is 11.5 Å². The van der Waals surface area contributed by atoms with E-state index in [2.05, 4.69) is 20.2 Å². The minimum Gasteiger partial charge on any atom is -0.507 e. The second kappa shape index (κ2) is 7.81. The first-order chi connectivity index (χ1) is 14.0. The second-order valence-corrected chi connectivity index (χ2v) is 7.80. The number of rotatable bonds is 7. The fourth-order valence-electron chi connectivity index (χ4n) is 4.01. The number of nitrogens with zero attached hydrogens (tertiary/aromatic N) is 1. The van der Waals surface area contributed by atoms with Crippen LogP contribution in [0.15, 0.2) is 36.7 Å². The van der Waals surface area contributed by atoms with Gasteiger partial charge in [0.25, 0.3) is 0 Å². The Morgan fingerprint density at radius 2 is 1.62 bits per heavy atom. The van der Waals surface area contributed by atoms with Crippen LogP contribution in [0.2, 0.25) is 0 Å². The predicted molar refractivity (Wildman–Crippen MR) is 119 cm³/mol. The number of aromatic nitrogens is 2. The van der Waals surface area contributed by atoms with Crippen molar-refractivity contribution in [3.05, 3.63) is 47.8 Å². The van der Waals surface area contributed by atoms with Crippen LogP contribution in [-0.2, 0) is 12.8 Å². The first-order valence-corrected chi connectivity index (χ1v) is 9.94. The van der Waals surface area contributed by atoms with E-state index in [4.69, 9.17) is 0 Å². The zero-order valence-electron chi connectivity index (χ0n) is 17.1. The number of hydrogen-bond donors (Lipinski definition) is 5. The molecule has 0 aliphatic heterocycles. The van der Waals surface area contributed by atoms with Crippen LogP contribution in [0.4, 0.5) is 0 Å². The Balaban J connectivity index is 1.85. The molecule has 2 aromatic heterocycles. The minimum atomic E-state index is 0.260. The van der Waals surface area contributed by atoms with Gasteiger partial charge in [0.05, 0.1) is 5.52 Å². The molecular weight excluding hydrogens is 364 g/mol. The number of phenolic OH excluding ortho intramolecular Hbond substituents is 2. The average molecular weight is 393 g/mol. The van der Waals surface area contributed by atoms with Crippen molar-refractivity contribution < 1.29 is 10.2 Å². The van der Waals surface area contributed by atoms with E-state index in [1.54, 1.807) is 6.07 Å². The summed E-state index contributed by atoms with van der Waals surface area (Å²) in [5.41, 5.74) is 5.57. The molecule has 152 valence electrons. The van der Waals surface area contributed by atoms with Gasteiger partial charge in [-0.3, -0.25) is 0 Å².